The number of nitrogens with one attached hydrogen (secondary N) is 1. The number of amides is 1. The number of benzene rings is 2. The van der Waals surface area contributed by atoms with E-state index in [9.17, 15) is 4.79 Å². The number of methoxy groups -OCH3 is 1. The molecule has 2 aromatic carbocycles. The average Bonchev–Trinajstić information content (AvgIpc) is 2.43. The van der Waals surface area contributed by atoms with Gasteiger partial charge in [-0.25, -0.2) is 0 Å². The maximum Gasteiger partial charge on any atom is 0.256 e. The zero-order chi connectivity index (χ0) is 14.7. The summed E-state index contributed by atoms with van der Waals surface area (Å²) in [5.74, 6) is 0.510. The number of carbonyl (C=O) groups is 1. The molecular weight excluding hydrogens is 386 g/mol. The van der Waals surface area contributed by atoms with Crippen molar-refractivity contribution in [3.8, 4) is 5.75 Å². The fourth-order valence-electron chi connectivity index (χ4n) is 1.76. The van der Waals surface area contributed by atoms with Crippen molar-refractivity contribution in [3.63, 3.8) is 0 Å². The Balaban J connectivity index is 2.26. The van der Waals surface area contributed by atoms with Gasteiger partial charge in [0.1, 0.15) is 5.75 Å². The number of hydrogen-bond acceptors (Lipinski definition) is 2. The van der Waals surface area contributed by atoms with E-state index < -0.39 is 0 Å². The van der Waals surface area contributed by atoms with Crippen LogP contribution < -0.4 is 10.1 Å². The third-order valence-electron chi connectivity index (χ3n) is 2.85. The monoisotopic (exact) mass is 397 g/mol. The van der Waals surface area contributed by atoms with Crippen LogP contribution in [0, 0.1) is 6.92 Å². The van der Waals surface area contributed by atoms with Crippen molar-refractivity contribution < 1.29 is 9.53 Å². The highest BCUT2D eigenvalue weighted by atomic mass is 79.9. The first-order valence-corrected chi connectivity index (χ1v) is 7.51. The minimum Gasteiger partial charge on any atom is -0.495 e. The molecule has 0 aliphatic rings. The van der Waals surface area contributed by atoms with E-state index in [-0.39, 0.29) is 5.91 Å². The summed E-state index contributed by atoms with van der Waals surface area (Å²) in [6.07, 6.45) is 0. The number of hydrogen-bond donors (Lipinski definition) is 1. The van der Waals surface area contributed by atoms with Gasteiger partial charge in [0.25, 0.3) is 5.91 Å². The number of rotatable bonds is 3. The molecule has 104 valence electrons. The number of halogens is 2. The van der Waals surface area contributed by atoms with Crippen LogP contribution in [0.3, 0.4) is 0 Å². The van der Waals surface area contributed by atoms with Crippen LogP contribution in [-0.4, -0.2) is 13.0 Å². The van der Waals surface area contributed by atoms with Crippen molar-refractivity contribution in [3.05, 3.63) is 56.5 Å². The predicted octanol–water partition coefficient (Wildman–Crippen LogP) is 4.78. The smallest absolute Gasteiger partial charge is 0.256 e. The molecule has 0 bridgehead atoms. The van der Waals surface area contributed by atoms with Crippen LogP contribution in [0.15, 0.2) is 45.3 Å². The molecule has 1 N–H and O–H groups in total. The molecule has 0 unspecified atom stereocenters. The van der Waals surface area contributed by atoms with E-state index in [2.05, 4.69) is 37.2 Å². The summed E-state index contributed by atoms with van der Waals surface area (Å²) in [6.45, 7) is 1.95. The van der Waals surface area contributed by atoms with E-state index in [1.165, 1.54) is 0 Å². The van der Waals surface area contributed by atoms with E-state index in [1.54, 1.807) is 19.2 Å². The highest BCUT2D eigenvalue weighted by Crippen LogP contribution is 2.28. The second-order valence-corrected chi connectivity index (χ2v) is 5.89. The van der Waals surface area contributed by atoms with Gasteiger partial charge in [0.2, 0.25) is 0 Å². The van der Waals surface area contributed by atoms with Crippen LogP contribution >= 0.6 is 31.9 Å². The summed E-state index contributed by atoms with van der Waals surface area (Å²) in [7, 11) is 1.59. The normalized spacial score (nSPS) is 10.2. The van der Waals surface area contributed by atoms with Gasteiger partial charge in [-0.2, -0.15) is 0 Å². The molecule has 0 radical (unpaired) electrons. The summed E-state index contributed by atoms with van der Waals surface area (Å²) in [5.41, 5.74) is 2.31. The van der Waals surface area contributed by atoms with Crippen LogP contribution in [0.4, 0.5) is 5.69 Å². The Labute approximate surface area is 134 Å². The van der Waals surface area contributed by atoms with Gasteiger partial charge in [0.15, 0.2) is 0 Å². The first-order valence-electron chi connectivity index (χ1n) is 5.93. The van der Waals surface area contributed by atoms with E-state index in [4.69, 9.17) is 4.74 Å². The second kappa shape index (κ2) is 6.41. The van der Waals surface area contributed by atoms with Crippen molar-refractivity contribution in [2.24, 2.45) is 0 Å². The molecule has 0 aliphatic heterocycles. The van der Waals surface area contributed by atoms with Gasteiger partial charge < -0.3 is 10.1 Å². The Morgan fingerprint density at radius 1 is 1.20 bits per heavy atom. The standard InChI is InChI=1S/C15H13Br2NO2/c1-9-4-3-5-11(14(9)17)15(19)18-10-6-7-12(16)13(8-10)20-2/h3-8H,1-2H3,(H,18,19). The molecular formula is C15H13Br2NO2. The zero-order valence-corrected chi connectivity index (χ0v) is 14.2. The highest BCUT2D eigenvalue weighted by Gasteiger charge is 2.12. The van der Waals surface area contributed by atoms with Crippen LogP contribution in [0.1, 0.15) is 15.9 Å². The van der Waals surface area contributed by atoms with E-state index in [0.717, 1.165) is 14.5 Å². The van der Waals surface area contributed by atoms with Crippen molar-refractivity contribution in [1.29, 1.82) is 0 Å². The van der Waals surface area contributed by atoms with Crippen LogP contribution in [0.2, 0.25) is 0 Å². The zero-order valence-electron chi connectivity index (χ0n) is 11.0. The average molecular weight is 399 g/mol. The van der Waals surface area contributed by atoms with Crippen molar-refractivity contribution in [1.82, 2.24) is 0 Å². The number of aryl methyl sites for hydroxylation is 1. The van der Waals surface area contributed by atoms with Gasteiger partial charge >= 0.3 is 0 Å². The Morgan fingerprint density at radius 2 is 1.95 bits per heavy atom. The quantitative estimate of drug-likeness (QED) is 0.807. The topological polar surface area (TPSA) is 38.3 Å². The molecule has 3 nitrogen and oxygen atoms in total. The number of carbonyl (C=O) groups excluding carboxylic acids is 1. The minimum atomic E-state index is -0.162. The third kappa shape index (κ3) is 3.22. The Kier molecular flexibility index (Phi) is 4.83. The molecule has 0 fully saturated rings. The molecule has 2 aromatic rings. The number of anilines is 1. The molecule has 0 aliphatic carbocycles. The second-order valence-electron chi connectivity index (χ2n) is 4.24. The van der Waals surface area contributed by atoms with E-state index >= 15 is 0 Å². The van der Waals surface area contributed by atoms with Crippen LogP contribution in [0.25, 0.3) is 0 Å². The molecule has 0 atom stereocenters. The summed E-state index contributed by atoms with van der Waals surface area (Å²) in [6, 6.07) is 11.0. The van der Waals surface area contributed by atoms with Gasteiger partial charge in [-0.15, -0.1) is 0 Å². The molecule has 1 amide bonds. The largest absolute Gasteiger partial charge is 0.495 e. The van der Waals surface area contributed by atoms with Crippen molar-refractivity contribution in [2.45, 2.75) is 6.92 Å². The summed E-state index contributed by atoms with van der Waals surface area (Å²) in [5, 5.41) is 2.86. The minimum absolute atomic E-state index is 0.162. The number of ether oxygens (including phenoxy) is 1. The lowest BCUT2D eigenvalue weighted by molar-refractivity contribution is 0.102. The van der Waals surface area contributed by atoms with Crippen molar-refractivity contribution in [2.75, 3.05) is 12.4 Å². The fraction of sp³-hybridized carbons (Fsp3) is 0.133. The Bertz CT molecular complexity index is 656. The summed E-state index contributed by atoms with van der Waals surface area (Å²) in [4.78, 5) is 12.3. The SMILES string of the molecule is COc1cc(NC(=O)c2cccc(C)c2Br)ccc1Br. The molecule has 0 spiro atoms. The lowest BCUT2D eigenvalue weighted by Crippen LogP contribution is -2.13. The predicted molar refractivity (Wildman–Crippen MR) is 87.5 cm³/mol. The lowest BCUT2D eigenvalue weighted by atomic mass is 10.1. The molecule has 0 heterocycles. The highest BCUT2D eigenvalue weighted by molar-refractivity contribution is 9.11. The third-order valence-corrected chi connectivity index (χ3v) is 4.55. The maximum atomic E-state index is 12.3. The molecule has 0 aromatic heterocycles. The van der Waals surface area contributed by atoms with Gasteiger partial charge in [0, 0.05) is 16.2 Å². The molecule has 5 heteroatoms. The van der Waals surface area contributed by atoms with Crippen LogP contribution in [-0.2, 0) is 0 Å². The van der Waals surface area contributed by atoms with Gasteiger partial charge in [0.05, 0.1) is 17.1 Å². The molecule has 0 saturated carbocycles. The fourth-order valence-corrected chi connectivity index (χ4v) is 2.61. The first-order chi connectivity index (χ1) is 9.52. The molecule has 20 heavy (non-hydrogen) atoms. The molecule has 2 rings (SSSR count). The lowest BCUT2D eigenvalue weighted by Gasteiger charge is -2.10. The van der Waals surface area contributed by atoms with Crippen molar-refractivity contribution >= 4 is 43.5 Å². The molecule has 0 saturated heterocycles. The van der Waals surface area contributed by atoms with Gasteiger partial charge in [-0.1, -0.05) is 12.1 Å². The van der Waals surface area contributed by atoms with Gasteiger partial charge in [-0.05, 0) is 62.5 Å². The summed E-state index contributed by atoms with van der Waals surface area (Å²) < 4.78 is 6.86. The van der Waals surface area contributed by atoms with Crippen LogP contribution in [0.5, 0.6) is 5.75 Å². The van der Waals surface area contributed by atoms with E-state index in [1.807, 2.05) is 31.2 Å². The Morgan fingerprint density at radius 3 is 2.65 bits per heavy atom. The summed E-state index contributed by atoms with van der Waals surface area (Å²) >= 11 is 6.82. The van der Waals surface area contributed by atoms with E-state index in [0.29, 0.717) is 17.0 Å². The Hall–Kier alpha value is -1.33. The maximum absolute atomic E-state index is 12.3. The van der Waals surface area contributed by atoms with Gasteiger partial charge in [-0.3, -0.25) is 4.79 Å². The first kappa shape index (κ1) is 15.1.